The van der Waals surface area contributed by atoms with Gasteiger partial charge in [-0.15, -0.1) is 0 Å². The monoisotopic (exact) mass is 414 g/mol. The summed E-state index contributed by atoms with van der Waals surface area (Å²) in [4.78, 5) is 0. The Kier molecular flexibility index (Phi) is 7.19. The van der Waals surface area contributed by atoms with Gasteiger partial charge in [0.05, 0.1) is 5.56 Å². The van der Waals surface area contributed by atoms with Crippen molar-refractivity contribution >= 4 is 41.2 Å². The van der Waals surface area contributed by atoms with Crippen LogP contribution in [0.5, 0.6) is 5.75 Å². The quantitative estimate of drug-likeness (QED) is 0.463. The minimum absolute atomic E-state index is 0.514. The Morgan fingerprint density at radius 1 is 0.760 bits per heavy atom. The molecule has 0 N–H and O–H groups in total. The summed E-state index contributed by atoms with van der Waals surface area (Å²) in [5.74, 6) is 2.04. The van der Waals surface area contributed by atoms with Crippen LogP contribution in [0, 0.1) is 0 Å². The average Bonchev–Trinajstić information content (AvgIpc) is 2.39. The Hall–Kier alpha value is -0.972. The zero-order valence-electron chi connectivity index (χ0n) is 17.4. The van der Waals surface area contributed by atoms with Crippen LogP contribution in [0.2, 0.25) is 58.9 Å². The van der Waals surface area contributed by atoms with Gasteiger partial charge in [0.1, 0.15) is 5.75 Å². The molecule has 0 aromatic heterocycles. The molecule has 0 saturated heterocycles. The van der Waals surface area contributed by atoms with Gasteiger partial charge >= 0.3 is 0 Å². The van der Waals surface area contributed by atoms with Crippen molar-refractivity contribution in [3.63, 3.8) is 0 Å². The highest BCUT2D eigenvalue weighted by molar-refractivity contribution is 6.71. The smallest absolute Gasteiger partial charge is 0.294 e. The highest BCUT2D eigenvalue weighted by atomic mass is 28.4. The van der Waals surface area contributed by atoms with E-state index >= 15 is 0 Å². The van der Waals surface area contributed by atoms with E-state index in [9.17, 15) is 0 Å². The summed E-state index contributed by atoms with van der Waals surface area (Å²) >= 11 is 0. The van der Waals surface area contributed by atoms with Gasteiger partial charge in [-0.3, -0.25) is 0 Å². The van der Waals surface area contributed by atoms with Gasteiger partial charge in [-0.2, -0.15) is 0 Å². The molecule has 0 spiro atoms. The fourth-order valence-corrected chi connectivity index (χ4v) is 4.86. The van der Waals surface area contributed by atoms with E-state index in [-0.39, 0.29) is 0 Å². The molecule has 0 bridgehead atoms. The standard InChI is InChI=1S/C17H34O4Si4/c1-23(2,3)19-15-13-11-10-12-14(15)16(20-24(4,5)6)17(18-22)21-25(7,8)9/h10-13H,1-9,22H3. The maximum atomic E-state index is 6.43. The summed E-state index contributed by atoms with van der Waals surface area (Å²) in [6.45, 7) is 19.4. The summed E-state index contributed by atoms with van der Waals surface area (Å²) in [5.41, 5.74) is 0.913. The summed E-state index contributed by atoms with van der Waals surface area (Å²) in [5, 5.41) is 0. The highest BCUT2D eigenvalue weighted by Crippen LogP contribution is 2.34. The first-order valence-corrected chi connectivity index (χ1v) is 19.7. The molecule has 0 aliphatic heterocycles. The molecule has 4 nitrogen and oxygen atoms in total. The maximum Gasteiger partial charge on any atom is 0.294 e. The summed E-state index contributed by atoms with van der Waals surface area (Å²) in [7, 11) is -4.92. The topological polar surface area (TPSA) is 36.9 Å². The van der Waals surface area contributed by atoms with E-state index in [0.29, 0.717) is 22.2 Å². The lowest BCUT2D eigenvalue weighted by molar-refractivity contribution is 0.224. The lowest BCUT2D eigenvalue weighted by Crippen LogP contribution is -2.31. The fourth-order valence-electron chi connectivity index (χ4n) is 2.04. The Morgan fingerprint density at radius 2 is 1.28 bits per heavy atom. The van der Waals surface area contributed by atoms with Crippen molar-refractivity contribution in [2.45, 2.75) is 58.9 Å². The number of hydrogen-bond acceptors (Lipinski definition) is 4. The van der Waals surface area contributed by atoms with E-state index in [1.54, 1.807) is 0 Å². The van der Waals surface area contributed by atoms with Crippen LogP contribution in [0.15, 0.2) is 30.2 Å². The van der Waals surface area contributed by atoms with Crippen LogP contribution < -0.4 is 4.43 Å². The molecule has 0 radical (unpaired) electrons. The van der Waals surface area contributed by atoms with Crippen molar-refractivity contribution in [2.75, 3.05) is 0 Å². The van der Waals surface area contributed by atoms with Crippen LogP contribution in [0.3, 0.4) is 0 Å². The molecule has 0 saturated carbocycles. The van der Waals surface area contributed by atoms with Gasteiger partial charge in [-0.25, -0.2) is 0 Å². The van der Waals surface area contributed by atoms with E-state index in [1.807, 2.05) is 24.3 Å². The second-order valence-electron chi connectivity index (χ2n) is 8.96. The van der Waals surface area contributed by atoms with Gasteiger partial charge in [0, 0.05) is 0 Å². The van der Waals surface area contributed by atoms with Crippen molar-refractivity contribution in [2.24, 2.45) is 0 Å². The first kappa shape index (κ1) is 22.1. The van der Waals surface area contributed by atoms with Gasteiger partial charge in [-0.1, -0.05) is 12.1 Å². The molecule has 1 aromatic carbocycles. The van der Waals surface area contributed by atoms with Crippen molar-refractivity contribution in [1.82, 2.24) is 0 Å². The second kappa shape index (κ2) is 8.15. The predicted octanol–water partition coefficient (Wildman–Crippen LogP) is 4.53. The second-order valence-corrected chi connectivity index (χ2v) is 22.7. The molecule has 1 aromatic rings. The largest absolute Gasteiger partial charge is 0.544 e. The van der Waals surface area contributed by atoms with E-state index < -0.39 is 25.0 Å². The molecule has 142 valence electrons. The molecule has 0 aliphatic carbocycles. The lowest BCUT2D eigenvalue weighted by Gasteiger charge is -2.29. The third kappa shape index (κ3) is 8.30. The minimum atomic E-state index is -1.87. The normalized spacial score (nSPS) is 14.0. The van der Waals surface area contributed by atoms with E-state index in [4.69, 9.17) is 17.7 Å². The Bertz CT molecular complexity index is 610. The van der Waals surface area contributed by atoms with Crippen molar-refractivity contribution < 1.29 is 17.7 Å². The first-order chi connectivity index (χ1) is 11.2. The fraction of sp³-hybridized carbons (Fsp3) is 0.529. The van der Waals surface area contributed by atoms with Gasteiger partial charge < -0.3 is 17.7 Å². The number of hydrogen-bond donors (Lipinski definition) is 0. The molecule has 0 amide bonds. The molecular formula is C17H34O4Si4. The Labute approximate surface area is 159 Å². The zero-order valence-corrected chi connectivity index (χ0v) is 22.4. The Balaban J connectivity index is 3.53. The van der Waals surface area contributed by atoms with E-state index in [1.165, 1.54) is 0 Å². The highest BCUT2D eigenvalue weighted by Gasteiger charge is 2.29. The molecule has 0 heterocycles. The lowest BCUT2D eigenvalue weighted by atomic mass is 10.2. The molecule has 25 heavy (non-hydrogen) atoms. The molecule has 1 rings (SSSR count). The van der Waals surface area contributed by atoms with Gasteiger partial charge in [0.25, 0.3) is 5.95 Å². The molecule has 8 heteroatoms. The van der Waals surface area contributed by atoms with Crippen LogP contribution in [-0.4, -0.2) is 35.4 Å². The molecule has 0 fully saturated rings. The van der Waals surface area contributed by atoms with Crippen LogP contribution in [0.4, 0.5) is 0 Å². The molecule has 0 unspecified atom stereocenters. The summed E-state index contributed by atoms with van der Waals surface area (Å²) in [6, 6.07) is 8.02. The van der Waals surface area contributed by atoms with Gasteiger partial charge in [-0.05, 0) is 71.1 Å². The van der Waals surface area contributed by atoms with Crippen molar-refractivity contribution in [3.8, 4) is 5.75 Å². The van der Waals surface area contributed by atoms with Gasteiger partial charge in [0.15, 0.2) is 5.76 Å². The molecule has 0 atom stereocenters. The number of rotatable bonds is 8. The van der Waals surface area contributed by atoms with Crippen molar-refractivity contribution in [1.29, 1.82) is 0 Å². The van der Waals surface area contributed by atoms with Crippen LogP contribution >= 0.6 is 0 Å². The molecular weight excluding hydrogens is 381 g/mol. The molecule has 0 aliphatic rings. The van der Waals surface area contributed by atoms with Crippen molar-refractivity contribution in [3.05, 3.63) is 35.8 Å². The Morgan fingerprint density at radius 3 is 1.72 bits per heavy atom. The number of benzene rings is 1. The van der Waals surface area contributed by atoms with Crippen LogP contribution in [-0.2, 0) is 13.3 Å². The maximum absolute atomic E-state index is 6.43. The van der Waals surface area contributed by atoms with Crippen LogP contribution in [0.25, 0.3) is 5.76 Å². The van der Waals surface area contributed by atoms with E-state index in [0.717, 1.165) is 11.3 Å². The SMILES string of the molecule is C[Si](C)(C)OC(O[SiH3])=C(O[Si](C)(C)C)c1ccccc1O[Si](C)(C)C. The summed E-state index contributed by atoms with van der Waals surface area (Å²) < 4.78 is 24.7. The predicted molar refractivity (Wildman–Crippen MR) is 117 cm³/mol. The third-order valence-electron chi connectivity index (χ3n) is 2.73. The minimum Gasteiger partial charge on any atom is -0.544 e. The zero-order chi connectivity index (χ0) is 19.5. The van der Waals surface area contributed by atoms with Gasteiger partial charge in [0.2, 0.25) is 35.4 Å². The van der Waals surface area contributed by atoms with Crippen LogP contribution in [0.1, 0.15) is 5.56 Å². The van der Waals surface area contributed by atoms with E-state index in [2.05, 4.69) is 58.9 Å². The number of para-hydroxylation sites is 1. The third-order valence-corrected chi connectivity index (χ3v) is 5.54. The average molecular weight is 415 g/mol. The first-order valence-electron chi connectivity index (χ1n) is 8.66. The summed E-state index contributed by atoms with van der Waals surface area (Å²) in [6.07, 6.45) is 0.